The van der Waals surface area contributed by atoms with E-state index in [1.54, 1.807) is 0 Å². The Labute approximate surface area is 75.3 Å². The Morgan fingerprint density at radius 3 is 2.62 bits per heavy atom. The minimum absolute atomic E-state index is 0.278. The second-order valence-electron chi connectivity index (χ2n) is 2.11. The number of phosphoric acid groups is 1. The molecule has 0 saturated heterocycles. The lowest BCUT2D eigenvalue weighted by Crippen LogP contribution is -2.30. The van der Waals surface area contributed by atoms with E-state index >= 15 is 0 Å². The molecule has 0 saturated carbocycles. The number of hydrogen-bond donors (Lipinski definition) is 3. The van der Waals surface area contributed by atoms with Crippen LogP contribution in [0.25, 0.3) is 0 Å². The van der Waals surface area contributed by atoms with Crippen molar-refractivity contribution in [3.63, 3.8) is 0 Å². The minimum Gasteiger partial charge on any atom is -0.383 e. The van der Waals surface area contributed by atoms with Crippen LogP contribution in [0.3, 0.4) is 0 Å². The maximum absolute atomic E-state index is 10.7. The van der Waals surface area contributed by atoms with Crippen molar-refractivity contribution in [2.75, 3.05) is 26.9 Å². The SMILES string of the molecule is COCCNC(=O)COP(=O)(O)O. The fourth-order valence-electron chi connectivity index (χ4n) is 0.486. The molecule has 0 aliphatic rings. The predicted molar refractivity (Wildman–Crippen MR) is 42.9 cm³/mol. The number of amides is 1. The first-order valence-electron chi connectivity index (χ1n) is 3.41. The van der Waals surface area contributed by atoms with Gasteiger partial charge in [-0.2, -0.15) is 0 Å². The molecule has 0 rings (SSSR count). The second-order valence-corrected chi connectivity index (χ2v) is 3.35. The van der Waals surface area contributed by atoms with Crippen molar-refractivity contribution in [3.05, 3.63) is 0 Å². The van der Waals surface area contributed by atoms with Gasteiger partial charge in [0.2, 0.25) is 5.91 Å². The lowest BCUT2D eigenvalue weighted by molar-refractivity contribution is -0.123. The van der Waals surface area contributed by atoms with E-state index in [9.17, 15) is 9.36 Å². The van der Waals surface area contributed by atoms with Gasteiger partial charge in [-0.15, -0.1) is 0 Å². The summed E-state index contributed by atoms with van der Waals surface area (Å²) >= 11 is 0. The van der Waals surface area contributed by atoms with E-state index in [2.05, 4.69) is 14.6 Å². The molecule has 7 nitrogen and oxygen atoms in total. The number of rotatable bonds is 6. The van der Waals surface area contributed by atoms with E-state index in [0.29, 0.717) is 6.61 Å². The van der Waals surface area contributed by atoms with Gasteiger partial charge >= 0.3 is 7.82 Å². The summed E-state index contributed by atoms with van der Waals surface area (Å²) in [6.07, 6.45) is 0. The molecule has 0 unspecified atom stereocenters. The molecule has 0 aromatic heterocycles. The highest BCUT2D eigenvalue weighted by atomic mass is 31.2. The van der Waals surface area contributed by atoms with E-state index in [1.807, 2.05) is 0 Å². The number of methoxy groups -OCH3 is 1. The fourth-order valence-corrected chi connectivity index (χ4v) is 0.772. The molecule has 1 amide bonds. The van der Waals surface area contributed by atoms with Crippen molar-refractivity contribution in [3.8, 4) is 0 Å². The molecule has 0 spiro atoms. The number of nitrogens with one attached hydrogen (secondary N) is 1. The molecule has 0 aromatic carbocycles. The number of phosphoric ester groups is 1. The van der Waals surface area contributed by atoms with Gasteiger partial charge in [0.25, 0.3) is 0 Å². The number of hydrogen-bond acceptors (Lipinski definition) is 4. The third-order valence-corrected chi connectivity index (χ3v) is 1.46. The zero-order valence-corrected chi connectivity index (χ0v) is 7.99. The standard InChI is InChI=1S/C5H12NO6P/c1-11-3-2-6-5(7)4-12-13(8,9)10/h2-4H2,1H3,(H,6,7)(H2,8,9,10). The van der Waals surface area contributed by atoms with Gasteiger partial charge in [-0.1, -0.05) is 0 Å². The predicted octanol–water partition coefficient (Wildman–Crippen LogP) is -1.14. The van der Waals surface area contributed by atoms with Crippen LogP contribution in [-0.2, 0) is 18.6 Å². The van der Waals surface area contributed by atoms with E-state index in [-0.39, 0.29) is 6.54 Å². The summed E-state index contributed by atoms with van der Waals surface area (Å²) in [7, 11) is -3.08. The maximum atomic E-state index is 10.7. The lowest BCUT2D eigenvalue weighted by Gasteiger charge is -2.05. The summed E-state index contributed by atoms with van der Waals surface area (Å²) in [5, 5.41) is 2.32. The molecule has 0 bridgehead atoms. The molecule has 0 heterocycles. The highest BCUT2D eigenvalue weighted by molar-refractivity contribution is 7.46. The Kier molecular flexibility index (Phi) is 5.85. The van der Waals surface area contributed by atoms with Gasteiger partial charge in [0.05, 0.1) is 6.61 Å². The molecular formula is C5H12NO6P. The fraction of sp³-hybridized carbons (Fsp3) is 0.800. The topological polar surface area (TPSA) is 105 Å². The van der Waals surface area contributed by atoms with Gasteiger partial charge in [0, 0.05) is 13.7 Å². The molecule has 0 radical (unpaired) electrons. The van der Waals surface area contributed by atoms with Gasteiger partial charge in [0.15, 0.2) is 0 Å². The van der Waals surface area contributed by atoms with Crippen molar-refractivity contribution in [1.82, 2.24) is 5.32 Å². The average Bonchev–Trinajstić information content (AvgIpc) is 2.00. The summed E-state index contributed by atoms with van der Waals surface area (Å²) in [4.78, 5) is 27.2. The quantitative estimate of drug-likeness (QED) is 0.380. The average molecular weight is 213 g/mol. The van der Waals surface area contributed by atoms with Gasteiger partial charge in [-0.05, 0) is 0 Å². The highest BCUT2D eigenvalue weighted by Crippen LogP contribution is 2.35. The van der Waals surface area contributed by atoms with E-state index in [0.717, 1.165) is 0 Å². The number of carbonyl (C=O) groups is 1. The third-order valence-electron chi connectivity index (χ3n) is 0.992. The zero-order valence-electron chi connectivity index (χ0n) is 7.10. The normalized spacial score (nSPS) is 11.3. The second kappa shape index (κ2) is 6.06. The largest absolute Gasteiger partial charge is 0.470 e. The molecule has 8 heteroatoms. The van der Waals surface area contributed by atoms with Crippen LogP contribution in [0.1, 0.15) is 0 Å². The van der Waals surface area contributed by atoms with Crippen LogP contribution >= 0.6 is 7.82 Å². The molecule has 0 aliphatic carbocycles. The van der Waals surface area contributed by atoms with Crippen LogP contribution in [0.15, 0.2) is 0 Å². The Morgan fingerprint density at radius 1 is 1.54 bits per heavy atom. The smallest absolute Gasteiger partial charge is 0.383 e. The van der Waals surface area contributed by atoms with Crippen molar-refractivity contribution in [2.45, 2.75) is 0 Å². The molecule has 3 N–H and O–H groups in total. The zero-order chi connectivity index (χ0) is 10.3. The first kappa shape index (κ1) is 12.5. The van der Waals surface area contributed by atoms with Crippen molar-refractivity contribution < 1.29 is 28.4 Å². The van der Waals surface area contributed by atoms with Crippen molar-refractivity contribution in [1.29, 1.82) is 0 Å². The van der Waals surface area contributed by atoms with E-state index in [1.165, 1.54) is 7.11 Å². The highest BCUT2D eigenvalue weighted by Gasteiger charge is 2.15. The van der Waals surface area contributed by atoms with Crippen LogP contribution in [-0.4, -0.2) is 42.6 Å². The van der Waals surface area contributed by atoms with Gasteiger partial charge < -0.3 is 19.8 Å². The lowest BCUT2D eigenvalue weighted by atomic mass is 10.6. The molecule has 0 aliphatic heterocycles. The minimum atomic E-state index is -4.55. The van der Waals surface area contributed by atoms with Crippen LogP contribution in [0, 0.1) is 0 Å². The van der Waals surface area contributed by atoms with Crippen molar-refractivity contribution in [2.24, 2.45) is 0 Å². The number of ether oxygens (including phenoxy) is 1. The first-order chi connectivity index (χ1) is 5.95. The van der Waals surface area contributed by atoms with Crippen LogP contribution in [0.4, 0.5) is 0 Å². The summed E-state index contributed by atoms with van der Waals surface area (Å²) in [5.41, 5.74) is 0. The first-order valence-corrected chi connectivity index (χ1v) is 4.94. The van der Waals surface area contributed by atoms with Crippen LogP contribution in [0.2, 0.25) is 0 Å². The number of carbonyl (C=O) groups excluding carboxylic acids is 1. The Hall–Kier alpha value is -0.460. The van der Waals surface area contributed by atoms with Gasteiger partial charge in [-0.25, -0.2) is 4.57 Å². The van der Waals surface area contributed by atoms with Crippen molar-refractivity contribution >= 4 is 13.7 Å². The molecule has 78 valence electrons. The van der Waals surface area contributed by atoms with Crippen LogP contribution < -0.4 is 5.32 Å². The molecule has 13 heavy (non-hydrogen) atoms. The van der Waals surface area contributed by atoms with E-state index in [4.69, 9.17) is 9.79 Å². The molecular weight excluding hydrogens is 201 g/mol. The van der Waals surface area contributed by atoms with Crippen LogP contribution in [0.5, 0.6) is 0 Å². The summed E-state index contributed by atoms with van der Waals surface area (Å²) in [6.45, 7) is -0.0461. The van der Waals surface area contributed by atoms with E-state index < -0.39 is 20.3 Å². The molecule has 0 atom stereocenters. The Bertz CT molecular complexity index is 201. The third kappa shape index (κ3) is 9.45. The summed E-state index contributed by atoms with van der Waals surface area (Å²) in [5.74, 6) is -0.597. The summed E-state index contributed by atoms with van der Waals surface area (Å²) in [6, 6.07) is 0. The monoisotopic (exact) mass is 213 g/mol. The Morgan fingerprint density at radius 2 is 2.15 bits per heavy atom. The molecule has 0 aromatic rings. The molecule has 0 fully saturated rings. The summed E-state index contributed by atoms with van der Waals surface area (Å²) < 4.78 is 18.7. The van der Waals surface area contributed by atoms with Gasteiger partial charge in [0.1, 0.15) is 6.61 Å². The maximum Gasteiger partial charge on any atom is 0.470 e. The van der Waals surface area contributed by atoms with Gasteiger partial charge in [-0.3, -0.25) is 9.32 Å². The Balaban J connectivity index is 3.47.